The first-order chi connectivity index (χ1) is 8.97. The van der Waals surface area contributed by atoms with Gasteiger partial charge in [0.1, 0.15) is 0 Å². The summed E-state index contributed by atoms with van der Waals surface area (Å²) < 4.78 is 31.6. The molecule has 19 heavy (non-hydrogen) atoms. The van der Waals surface area contributed by atoms with E-state index >= 15 is 0 Å². The molecule has 5 nitrogen and oxygen atoms in total. The van der Waals surface area contributed by atoms with E-state index in [0.717, 1.165) is 12.1 Å². The quantitative estimate of drug-likeness (QED) is 0.702. The first-order valence-corrected chi connectivity index (χ1v) is 5.59. The lowest BCUT2D eigenvalue weighted by atomic mass is 10.1. The van der Waals surface area contributed by atoms with E-state index < -0.39 is 29.3 Å². The van der Waals surface area contributed by atoms with Gasteiger partial charge in [0, 0.05) is 13.7 Å². The molecular formula is C12H15F2NO4. The second-order valence-corrected chi connectivity index (χ2v) is 3.92. The van der Waals surface area contributed by atoms with Crippen molar-refractivity contribution in [3.63, 3.8) is 0 Å². The molecule has 0 heterocycles. The number of methoxy groups -OCH3 is 1. The average Bonchev–Trinajstić information content (AvgIpc) is 2.34. The third kappa shape index (κ3) is 4.15. The summed E-state index contributed by atoms with van der Waals surface area (Å²) in [6, 6.07) is 2.12. The predicted octanol–water partition coefficient (Wildman–Crippen LogP) is 1.47. The molecule has 1 unspecified atom stereocenters. The Bertz CT molecular complexity index is 454. The summed E-state index contributed by atoms with van der Waals surface area (Å²) in [4.78, 5) is 10.6. The van der Waals surface area contributed by atoms with Crippen LogP contribution >= 0.6 is 0 Å². The van der Waals surface area contributed by atoms with Gasteiger partial charge in [0.15, 0.2) is 11.6 Å². The van der Waals surface area contributed by atoms with Crippen molar-refractivity contribution in [2.24, 2.45) is 0 Å². The van der Waals surface area contributed by atoms with Gasteiger partial charge in [-0.3, -0.25) is 0 Å². The maximum atomic E-state index is 13.5. The molecule has 0 aliphatic rings. The topological polar surface area (TPSA) is 78.8 Å². The standard InChI is InChI=1S/C12H15F2NO4/c1-19-6-7(16)4-5-15-9-3-2-8(12(17)18)10(13)11(9)14/h2-3,7,15-16H,4-6H2,1H3,(H,17,18). The molecule has 0 aliphatic carbocycles. The molecule has 0 bridgehead atoms. The fourth-order valence-electron chi connectivity index (χ4n) is 1.50. The van der Waals surface area contributed by atoms with Crippen molar-refractivity contribution >= 4 is 11.7 Å². The van der Waals surface area contributed by atoms with Gasteiger partial charge in [0.25, 0.3) is 0 Å². The van der Waals surface area contributed by atoms with Crippen LogP contribution in [0.25, 0.3) is 0 Å². The zero-order valence-corrected chi connectivity index (χ0v) is 10.3. The molecule has 0 aliphatic heterocycles. The Kier molecular flexibility index (Phi) is 5.65. The number of nitrogens with one attached hydrogen (secondary N) is 1. The van der Waals surface area contributed by atoms with Crippen LogP contribution in [0.1, 0.15) is 16.8 Å². The van der Waals surface area contributed by atoms with Crippen molar-refractivity contribution in [3.8, 4) is 0 Å². The summed E-state index contributed by atoms with van der Waals surface area (Å²) in [6.07, 6.45) is -0.418. The van der Waals surface area contributed by atoms with Gasteiger partial charge in [-0.15, -0.1) is 0 Å². The number of hydrogen-bond donors (Lipinski definition) is 3. The highest BCUT2D eigenvalue weighted by Crippen LogP contribution is 2.20. The fraction of sp³-hybridized carbons (Fsp3) is 0.417. The van der Waals surface area contributed by atoms with Gasteiger partial charge in [0.05, 0.1) is 24.0 Å². The third-order valence-corrected chi connectivity index (χ3v) is 2.46. The van der Waals surface area contributed by atoms with Crippen LogP contribution < -0.4 is 5.32 Å². The minimum absolute atomic E-state index is 0.146. The molecule has 1 atom stereocenters. The van der Waals surface area contributed by atoms with Crippen molar-refractivity contribution in [1.82, 2.24) is 0 Å². The van der Waals surface area contributed by atoms with Crippen molar-refractivity contribution in [3.05, 3.63) is 29.3 Å². The highest BCUT2D eigenvalue weighted by molar-refractivity contribution is 5.88. The Morgan fingerprint density at radius 2 is 2.11 bits per heavy atom. The van der Waals surface area contributed by atoms with Crippen molar-refractivity contribution in [2.75, 3.05) is 25.6 Å². The molecule has 1 aromatic rings. The van der Waals surface area contributed by atoms with E-state index in [1.165, 1.54) is 7.11 Å². The number of benzene rings is 1. The average molecular weight is 275 g/mol. The predicted molar refractivity (Wildman–Crippen MR) is 64.3 cm³/mol. The fourth-order valence-corrected chi connectivity index (χ4v) is 1.50. The Labute approximate surface area is 108 Å². The van der Waals surface area contributed by atoms with Crippen LogP contribution in [0.15, 0.2) is 12.1 Å². The second kappa shape index (κ2) is 7.01. The van der Waals surface area contributed by atoms with Gasteiger partial charge >= 0.3 is 5.97 Å². The third-order valence-electron chi connectivity index (χ3n) is 2.46. The number of carbonyl (C=O) groups is 1. The lowest BCUT2D eigenvalue weighted by Crippen LogP contribution is -2.19. The van der Waals surface area contributed by atoms with Gasteiger partial charge in [-0.2, -0.15) is 0 Å². The summed E-state index contributed by atoms with van der Waals surface area (Å²) in [7, 11) is 1.44. The lowest BCUT2D eigenvalue weighted by molar-refractivity contribution is 0.0615. The van der Waals surface area contributed by atoms with Crippen LogP contribution in [0.4, 0.5) is 14.5 Å². The molecule has 7 heteroatoms. The maximum absolute atomic E-state index is 13.5. The maximum Gasteiger partial charge on any atom is 0.338 e. The molecule has 0 spiro atoms. The lowest BCUT2D eigenvalue weighted by Gasteiger charge is -2.12. The highest BCUT2D eigenvalue weighted by atomic mass is 19.2. The van der Waals surface area contributed by atoms with E-state index in [1.807, 2.05) is 0 Å². The molecule has 1 aromatic carbocycles. The van der Waals surface area contributed by atoms with Crippen LogP contribution in [0.5, 0.6) is 0 Å². The largest absolute Gasteiger partial charge is 0.478 e. The van der Waals surface area contributed by atoms with Gasteiger partial charge in [-0.05, 0) is 18.6 Å². The first-order valence-electron chi connectivity index (χ1n) is 5.59. The second-order valence-electron chi connectivity index (χ2n) is 3.92. The van der Waals surface area contributed by atoms with Gasteiger partial charge in [-0.25, -0.2) is 13.6 Å². The molecule has 0 saturated carbocycles. The molecule has 0 radical (unpaired) electrons. The summed E-state index contributed by atoms with van der Waals surface area (Å²) in [5.74, 6) is -4.19. The van der Waals surface area contributed by atoms with E-state index in [0.29, 0.717) is 0 Å². The Balaban J connectivity index is 2.65. The number of carboxylic acid groups (broad SMARTS) is 1. The summed E-state index contributed by atoms with van der Waals surface area (Å²) in [5, 5.41) is 20.6. The van der Waals surface area contributed by atoms with Gasteiger partial charge in [-0.1, -0.05) is 0 Å². The molecule has 3 N–H and O–H groups in total. The number of anilines is 1. The molecular weight excluding hydrogens is 260 g/mol. The van der Waals surface area contributed by atoms with E-state index in [1.54, 1.807) is 0 Å². The smallest absolute Gasteiger partial charge is 0.338 e. The number of rotatable bonds is 7. The Morgan fingerprint density at radius 3 is 2.68 bits per heavy atom. The van der Waals surface area contributed by atoms with Gasteiger partial charge in [0.2, 0.25) is 0 Å². The molecule has 1 rings (SSSR count). The zero-order valence-electron chi connectivity index (χ0n) is 10.3. The minimum Gasteiger partial charge on any atom is -0.478 e. The first kappa shape index (κ1) is 15.3. The number of aliphatic hydroxyl groups excluding tert-OH is 1. The Hall–Kier alpha value is -1.73. The normalized spacial score (nSPS) is 12.2. The molecule has 106 valence electrons. The summed E-state index contributed by atoms with van der Waals surface area (Å²) in [5.41, 5.74) is -0.866. The molecule has 0 amide bonds. The van der Waals surface area contributed by atoms with Crippen LogP contribution in [0.3, 0.4) is 0 Å². The molecule has 0 fully saturated rings. The molecule has 0 aromatic heterocycles. The summed E-state index contributed by atoms with van der Waals surface area (Å²) >= 11 is 0. The number of aliphatic hydroxyl groups is 1. The van der Waals surface area contributed by atoms with Crippen molar-refractivity contribution < 1.29 is 28.5 Å². The number of carboxylic acids is 1. The van der Waals surface area contributed by atoms with Crippen LogP contribution in [0, 0.1) is 11.6 Å². The SMILES string of the molecule is COCC(O)CCNc1ccc(C(=O)O)c(F)c1F. The van der Waals surface area contributed by atoms with E-state index in [-0.39, 0.29) is 25.3 Å². The zero-order chi connectivity index (χ0) is 14.4. The highest BCUT2D eigenvalue weighted by Gasteiger charge is 2.17. The Morgan fingerprint density at radius 1 is 1.42 bits per heavy atom. The van der Waals surface area contributed by atoms with Crippen molar-refractivity contribution in [2.45, 2.75) is 12.5 Å². The van der Waals surface area contributed by atoms with E-state index in [9.17, 15) is 18.7 Å². The minimum atomic E-state index is -1.53. The van der Waals surface area contributed by atoms with Crippen molar-refractivity contribution in [1.29, 1.82) is 0 Å². The number of aromatic carboxylic acids is 1. The monoisotopic (exact) mass is 275 g/mol. The summed E-state index contributed by atoms with van der Waals surface area (Å²) in [6.45, 7) is 0.351. The number of ether oxygens (including phenoxy) is 1. The number of hydrogen-bond acceptors (Lipinski definition) is 4. The van der Waals surface area contributed by atoms with Crippen LogP contribution in [0.2, 0.25) is 0 Å². The van der Waals surface area contributed by atoms with E-state index in [4.69, 9.17) is 9.84 Å². The van der Waals surface area contributed by atoms with Crippen LogP contribution in [-0.2, 0) is 4.74 Å². The van der Waals surface area contributed by atoms with E-state index in [2.05, 4.69) is 5.32 Å². The molecule has 0 saturated heterocycles. The van der Waals surface area contributed by atoms with Gasteiger partial charge < -0.3 is 20.3 Å². The number of halogens is 2. The van der Waals surface area contributed by atoms with Crippen LogP contribution in [-0.4, -0.2) is 42.5 Å².